The van der Waals surface area contributed by atoms with Crippen LogP contribution < -0.4 is 14.2 Å². The molecule has 6 heteroatoms. The Bertz CT molecular complexity index is 953. The normalized spacial score (nSPS) is 15.0. The first-order valence-electron chi connectivity index (χ1n) is 9.72. The maximum atomic E-state index is 13.0. The predicted molar refractivity (Wildman–Crippen MR) is 111 cm³/mol. The first-order chi connectivity index (χ1) is 13.3. The van der Waals surface area contributed by atoms with E-state index >= 15 is 0 Å². The van der Waals surface area contributed by atoms with Crippen LogP contribution in [0.1, 0.15) is 42.0 Å². The van der Waals surface area contributed by atoms with Crippen molar-refractivity contribution in [1.82, 2.24) is 4.72 Å². The second-order valence-corrected chi connectivity index (χ2v) is 9.24. The molecule has 0 aliphatic heterocycles. The van der Waals surface area contributed by atoms with E-state index in [2.05, 4.69) is 4.72 Å². The van der Waals surface area contributed by atoms with Crippen molar-refractivity contribution < 1.29 is 17.9 Å². The van der Waals surface area contributed by atoms with Gasteiger partial charge in [-0.15, -0.1) is 0 Å². The second-order valence-electron chi connectivity index (χ2n) is 7.56. The van der Waals surface area contributed by atoms with Gasteiger partial charge in [0.25, 0.3) is 0 Å². The van der Waals surface area contributed by atoms with Crippen LogP contribution in [0.15, 0.2) is 35.2 Å². The number of hydrogen-bond acceptors (Lipinski definition) is 4. The molecule has 0 aromatic heterocycles. The van der Waals surface area contributed by atoms with Gasteiger partial charge in [-0.2, -0.15) is 0 Å². The van der Waals surface area contributed by atoms with Crippen LogP contribution in [0, 0.1) is 13.8 Å². The molecule has 2 aromatic carbocycles. The molecule has 0 saturated heterocycles. The molecule has 3 rings (SSSR count). The summed E-state index contributed by atoms with van der Waals surface area (Å²) in [7, 11) is -2.20. The van der Waals surface area contributed by atoms with Gasteiger partial charge in [0.15, 0.2) is 0 Å². The third-order valence-electron chi connectivity index (χ3n) is 5.25. The molecule has 152 valence electrons. The molecule has 2 aromatic rings. The fourth-order valence-corrected chi connectivity index (χ4v) is 4.93. The average Bonchev–Trinajstić information content (AvgIpc) is 2.67. The van der Waals surface area contributed by atoms with Gasteiger partial charge in [0.05, 0.1) is 13.2 Å². The fraction of sp³-hybridized carbons (Fsp3) is 0.455. The highest BCUT2D eigenvalue weighted by Crippen LogP contribution is 2.32. The summed E-state index contributed by atoms with van der Waals surface area (Å²) in [6, 6.07) is 9.12. The van der Waals surface area contributed by atoms with Gasteiger partial charge >= 0.3 is 0 Å². The van der Waals surface area contributed by atoms with E-state index in [1.807, 2.05) is 38.1 Å². The van der Waals surface area contributed by atoms with Crippen LogP contribution >= 0.6 is 0 Å². The second kappa shape index (κ2) is 8.53. The summed E-state index contributed by atoms with van der Waals surface area (Å²) in [5, 5.41) is 0. The van der Waals surface area contributed by atoms with Crippen molar-refractivity contribution in [3.05, 3.63) is 52.6 Å². The maximum absolute atomic E-state index is 13.0. The number of methoxy groups -OCH3 is 1. The minimum absolute atomic E-state index is 0.202. The van der Waals surface area contributed by atoms with Crippen LogP contribution in [0.25, 0.3) is 0 Å². The van der Waals surface area contributed by atoms with E-state index < -0.39 is 10.0 Å². The van der Waals surface area contributed by atoms with E-state index in [0.29, 0.717) is 5.75 Å². The Morgan fingerprint density at radius 1 is 1.04 bits per heavy atom. The molecule has 1 aliphatic rings. The van der Waals surface area contributed by atoms with Gasteiger partial charge in [-0.05, 0) is 93.0 Å². The van der Waals surface area contributed by atoms with Crippen molar-refractivity contribution >= 4 is 10.0 Å². The zero-order valence-electron chi connectivity index (χ0n) is 17.0. The average molecular weight is 404 g/mol. The number of ether oxygens (including phenoxy) is 2. The lowest BCUT2D eigenvalue weighted by atomic mass is 9.92. The van der Waals surface area contributed by atoms with E-state index in [0.717, 1.165) is 42.6 Å². The Balaban J connectivity index is 1.72. The molecule has 0 spiro atoms. The number of aryl methyl sites for hydroxylation is 4. The Morgan fingerprint density at radius 3 is 2.36 bits per heavy atom. The standard InChI is InChI=1S/C22H29NO4S/c1-15-9-10-20(11-16(15)2)27-14-17(3)23-28(24,25)22-13-19-8-6-5-7-18(19)12-21(22)26-4/h9-13,17,23H,5-8,14H2,1-4H3. The lowest BCUT2D eigenvalue weighted by molar-refractivity contribution is 0.287. The molecule has 5 nitrogen and oxygen atoms in total. The van der Waals surface area contributed by atoms with Gasteiger partial charge in [-0.3, -0.25) is 0 Å². The Kier molecular flexibility index (Phi) is 6.30. The Hall–Kier alpha value is -2.05. The molecular formula is C22H29NO4S. The van der Waals surface area contributed by atoms with Gasteiger partial charge in [0.1, 0.15) is 23.0 Å². The molecule has 1 atom stereocenters. The number of fused-ring (bicyclic) bond motifs is 1. The van der Waals surface area contributed by atoms with E-state index in [1.54, 1.807) is 13.0 Å². The molecule has 0 radical (unpaired) electrons. The van der Waals surface area contributed by atoms with Crippen LogP contribution in [0.4, 0.5) is 0 Å². The monoisotopic (exact) mass is 403 g/mol. The minimum atomic E-state index is -3.71. The van der Waals surface area contributed by atoms with Gasteiger partial charge in [0.2, 0.25) is 10.0 Å². The molecule has 1 N–H and O–H groups in total. The summed E-state index contributed by atoms with van der Waals surface area (Å²) >= 11 is 0. The first-order valence-corrected chi connectivity index (χ1v) is 11.2. The minimum Gasteiger partial charge on any atom is -0.495 e. The van der Waals surface area contributed by atoms with Gasteiger partial charge < -0.3 is 9.47 Å². The predicted octanol–water partition coefficient (Wildman–Crippen LogP) is 3.94. The molecule has 0 amide bonds. The lowest BCUT2D eigenvalue weighted by Crippen LogP contribution is -2.37. The highest BCUT2D eigenvalue weighted by atomic mass is 32.2. The number of benzene rings is 2. The molecule has 1 aliphatic carbocycles. The van der Waals surface area contributed by atoms with Crippen molar-refractivity contribution in [2.75, 3.05) is 13.7 Å². The van der Waals surface area contributed by atoms with Crippen molar-refractivity contribution in [3.63, 3.8) is 0 Å². The SMILES string of the molecule is COc1cc2c(cc1S(=O)(=O)NC(C)COc1ccc(C)c(C)c1)CCCC2. The van der Waals surface area contributed by atoms with Crippen LogP contribution in [0.3, 0.4) is 0 Å². The number of hydrogen-bond donors (Lipinski definition) is 1. The summed E-state index contributed by atoms with van der Waals surface area (Å²) in [5.41, 5.74) is 4.63. The van der Waals surface area contributed by atoms with Crippen molar-refractivity contribution in [2.45, 2.75) is 57.4 Å². The number of rotatable bonds is 7. The summed E-state index contributed by atoms with van der Waals surface area (Å²) < 4.78 is 39.8. The number of nitrogens with one attached hydrogen (secondary N) is 1. The maximum Gasteiger partial charge on any atom is 0.244 e. The van der Waals surface area contributed by atoms with Crippen LogP contribution in [0.5, 0.6) is 11.5 Å². The summed E-state index contributed by atoms with van der Waals surface area (Å²) in [6.07, 6.45) is 4.10. The van der Waals surface area contributed by atoms with Gasteiger partial charge in [0, 0.05) is 0 Å². The lowest BCUT2D eigenvalue weighted by Gasteiger charge is -2.21. The first kappa shape index (κ1) is 20.7. The Morgan fingerprint density at radius 2 is 1.71 bits per heavy atom. The van der Waals surface area contributed by atoms with Crippen LogP contribution in [-0.2, 0) is 22.9 Å². The topological polar surface area (TPSA) is 64.6 Å². The molecule has 0 fully saturated rings. The Labute approximate surface area is 168 Å². The third kappa shape index (κ3) is 4.67. The molecule has 0 heterocycles. The van der Waals surface area contributed by atoms with Gasteiger partial charge in [-0.1, -0.05) is 6.07 Å². The molecule has 0 saturated carbocycles. The van der Waals surface area contributed by atoms with E-state index in [9.17, 15) is 8.42 Å². The third-order valence-corrected chi connectivity index (χ3v) is 6.86. The quantitative estimate of drug-likeness (QED) is 0.761. The van der Waals surface area contributed by atoms with E-state index in [-0.39, 0.29) is 17.5 Å². The number of sulfonamides is 1. The van der Waals surface area contributed by atoms with Crippen LogP contribution in [0.2, 0.25) is 0 Å². The van der Waals surface area contributed by atoms with Crippen molar-refractivity contribution in [2.24, 2.45) is 0 Å². The van der Waals surface area contributed by atoms with E-state index in [4.69, 9.17) is 9.47 Å². The van der Waals surface area contributed by atoms with E-state index in [1.165, 1.54) is 18.2 Å². The molecule has 28 heavy (non-hydrogen) atoms. The van der Waals surface area contributed by atoms with Crippen LogP contribution in [-0.4, -0.2) is 28.2 Å². The van der Waals surface area contributed by atoms with Gasteiger partial charge in [-0.25, -0.2) is 13.1 Å². The highest BCUT2D eigenvalue weighted by Gasteiger charge is 2.25. The fourth-order valence-electron chi connectivity index (χ4n) is 3.50. The summed E-state index contributed by atoms with van der Waals surface area (Å²) in [4.78, 5) is 0.202. The zero-order valence-corrected chi connectivity index (χ0v) is 17.9. The molecule has 0 bridgehead atoms. The highest BCUT2D eigenvalue weighted by molar-refractivity contribution is 7.89. The largest absolute Gasteiger partial charge is 0.495 e. The zero-order chi connectivity index (χ0) is 20.3. The molecule has 1 unspecified atom stereocenters. The summed E-state index contributed by atoms with van der Waals surface area (Å²) in [5.74, 6) is 1.14. The summed E-state index contributed by atoms with van der Waals surface area (Å²) in [6.45, 7) is 6.11. The van der Waals surface area contributed by atoms with Crippen molar-refractivity contribution in [1.29, 1.82) is 0 Å². The smallest absolute Gasteiger partial charge is 0.244 e. The van der Waals surface area contributed by atoms with Crippen molar-refractivity contribution in [3.8, 4) is 11.5 Å². The molecular weight excluding hydrogens is 374 g/mol.